The van der Waals surface area contributed by atoms with Gasteiger partial charge < -0.3 is 25.4 Å². The molecule has 0 spiro atoms. The second-order valence-corrected chi connectivity index (χ2v) is 6.08. The highest BCUT2D eigenvalue weighted by atomic mass is 16.6. The lowest BCUT2D eigenvalue weighted by Gasteiger charge is -2.22. The zero-order valence-electron chi connectivity index (χ0n) is 13.8. The maximum absolute atomic E-state index is 10.5. The fraction of sp³-hybridized carbons (Fsp3) is 0.353. The molecule has 26 heavy (non-hydrogen) atoms. The topological polar surface area (TPSA) is 129 Å². The zero-order valence-corrected chi connectivity index (χ0v) is 13.8. The van der Waals surface area contributed by atoms with Crippen LogP contribution in [0, 0.1) is 0 Å². The van der Waals surface area contributed by atoms with Gasteiger partial charge in [-0.15, -0.1) is 0 Å². The lowest BCUT2D eigenvalue weighted by molar-refractivity contribution is -0.0761. The first-order valence-electron chi connectivity index (χ1n) is 8.22. The van der Waals surface area contributed by atoms with E-state index in [4.69, 9.17) is 15.2 Å². The molecule has 1 fully saturated rings. The van der Waals surface area contributed by atoms with Crippen LogP contribution >= 0.6 is 0 Å². The number of fused-ring (bicyclic) bond motifs is 1. The summed E-state index contributed by atoms with van der Waals surface area (Å²) >= 11 is 0. The number of nitrogen functional groups attached to an aromatic ring is 1. The zero-order chi connectivity index (χ0) is 18.1. The number of hydrogen-bond donors (Lipinski definition) is 3. The third-order valence-corrected chi connectivity index (χ3v) is 4.44. The fourth-order valence-corrected chi connectivity index (χ4v) is 3.10. The Labute approximate surface area is 149 Å². The van der Waals surface area contributed by atoms with Crippen LogP contribution in [-0.4, -0.2) is 54.7 Å². The Morgan fingerprint density at radius 3 is 2.77 bits per heavy atom. The monoisotopic (exact) mass is 357 g/mol. The number of imidazole rings is 1. The highest BCUT2D eigenvalue weighted by Crippen LogP contribution is 2.34. The molecule has 1 saturated heterocycles. The van der Waals surface area contributed by atoms with Crippen molar-refractivity contribution in [2.75, 3.05) is 12.3 Å². The predicted molar refractivity (Wildman–Crippen MR) is 91.8 cm³/mol. The number of nitrogens with two attached hydrogens (primary N) is 1. The molecule has 1 aromatic carbocycles. The van der Waals surface area contributed by atoms with Crippen LogP contribution in [0.4, 0.5) is 5.82 Å². The van der Waals surface area contributed by atoms with Gasteiger partial charge in [-0.3, -0.25) is 4.57 Å². The number of aromatic nitrogens is 4. The summed E-state index contributed by atoms with van der Waals surface area (Å²) in [4.78, 5) is 12.3. The third kappa shape index (κ3) is 2.90. The summed E-state index contributed by atoms with van der Waals surface area (Å²) in [5.41, 5.74) is 7.71. The summed E-state index contributed by atoms with van der Waals surface area (Å²) in [7, 11) is 0. The molecule has 0 unspecified atom stereocenters. The van der Waals surface area contributed by atoms with Crippen molar-refractivity contribution in [3.63, 3.8) is 0 Å². The minimum Gasteiger partial charge on any atom is -0.394 e. The third-order valence-electron chi connectivity index (χ3n) is 4.44. The van der Waals surface area contributed by atoms with Crippen molar-refractivity contribution in [3.05, 3.63) is 48.5 Å². The van der Waals surface area contributed by atoms with Crippen molar-refractivity contribution in [2.24, 2.45) is 0 Å². The molecule has 9 nitrogen and oxygen atoms in total. The Bertz CT molecular complexity index is 887. The summed E-state index contributed by atoms with van der Waals surface area (Å²) in [6, 6.07) is 9.61. The molecule has 4 N–H and O–H groups in total. The maximum atomic E-state index is 10.5. The van der Waals surface area contributed by atoms with Gasteiger partial charge in [0, 0.05) is 0 Å². The Hall–Kier alpha value is -2.59. The molecule has 4 atom stereocenters. The van der Waals surface area contributed by atoms with E-state index in [-0.39, 0.29) is 12.4 Å². The highest BCUT2D eigenvalue weighted by molar-refractivity contribution is 5.81. The van der Waals surface area contributed by atoms with E-state index in [9.17, 15) is 10.2 Å². The van der Waals surface area contributed by atoms with Gasteiger partial charge in [0.1, 0.15) is 30.2 Å². The van der Waals surface area contributed by atoms with Gasteiger partial charge in [0.25, 0.3) is 0 Å². The smallest absolute Gasteiger partial charge is 0.167 e. The Balaban J connectivity index is 1.64. The summed E-state index contributed by atoms with van der Waals surface area (Å²) in [6.07, 6.45) is -0.315. The first kappa shape index (κ1) is 16.9. The standard InChI is InChI=1S/C17H19N5O4/c18-15-12-16(20-8-19-15)22(9-21-12)17-14(13(24)11(6-23)26-17)25-7-10-4-2-1-3-5-10/h1-5,8-9,11,13-14,17,23-24H,6-7H2,(H2,18,19,20)/t11-,13-,14+,17-/m1/s1. The number of rotatable bonds is 5. The van der Waals surface area contributed by atoms with Crippen LogP contribution in [0.2, 0.25) is 0 Å². The molecule has 0 aliphatic carbocycles. The molecule has 4 rings (SSSR count). The quantitative estimate of drug-likeness (QED) is 0.592. The second-order valence-electron chi connectivity index (χ2n) is 6.08. The molecular weight excluding hydrogens is 338 g/mol. The molecular formula is C17H19N5O4. The van der Waals surface area contributed by atoms with E-state index in [0.29, 0.717) is 17.8 Å². The predicted octanol–water partition coefficient (Wildman–Crippen LogP) is 0.244. The van der Waals surface area contributed by atoms with Crippen molar-refractivity contribution in [1.82, 2.24) is 19.5 Å². The van der Waals surface area contributed by atoms with E-state index in [1.807, 2.05) is 30.3 Å². The maximum Gasteiger partial charge on any atom is 0.167 e. The van der Waals surface area contributed by atoms with Gasteiger partial charge >= 0.3 is 0 Å². The van der Waals surface area contributed by atoms with Gasteiger partial charge in [0.05, 0.1) is 19.5 Å². The summed E-state index contributed by atoms with van der Waals surface area (Å²) < 4.78 is 13.4. The van der Waals surface area contributed by atoms with Gasteiger partial charge in [-0.2, -0.15) is 0 Å². The van der Waals surface area contributed by atoms with E-state index in [0.717, 1.165) is 5.56 Å². The minimum absolute atomic E-state index is 0.257. The average Bonchev–Trinajstić information content (AvgIpc) is 3.23. The van der Waals surface area contributed by atoms with Gasteiger partial charge in [-0.25, -0.2) is 15.0 Å². The first-order chi connectivity index (χ1) is 12.7. The molecule has 9 heteroatoms. The molecule has 2 aromatic heterocycles. The number of anilines is 1. The van der Waals surface area contributed by atoms with Crippen LogP contribution in [0.25, 0.3) is 11.2 Å². The van der Waals surface area contributed by atoms with Crippen LogP contribution in [-0.2, 0) is 16.1 Å². The van der Waals surface area contributed by atoms with Gasteiger partial charge in [-0.05, 0) is 5.56 Å². The molecule has 0 radical (unpaired) electrons. The van der Waals surface area contributed by atoms with E-state index in [1.54, 1.807) is 4.57 Å². The summed E-state index contributed by atoms with van der Waals surface area (Å²) in [5, 5.41) is 20.0. The first-order valence-corrected chi connectivity index (χ1v) is 8.22. The number of ether oxygens (including phenoxy) is 2. The Morgan fingerprint density at radius 2 is 2.00 bits per heavy atom. The van der Waals surface area contributed by atoms with Crippen LogP contribution in [0.3, 0.4) is 0 Å². The van der Waals surface area contributed by atoms with E-state index in [1.165, 1.54) is 12.7 Å². The lowest BCUT2D eigenvalue weighted by atomic mass is 10.1. The van der Waals surface area contributed by atoms with Crippen LogP contribution < -0.4 is 5.73 Å². The molecule has 1 aliphatic rings. The van der Waals surface area contributed by atoms with Gasteiger partial charge in [-0.1, -0.05) is 30.3 Å². The Morgan fingerprint density at radius 1 is 1.19 bits per heavy atom. The molecule has 1 aliphatic heterocycles. The van der Waals surface area contributed by atoms with Crippen LogP contribution in [0.5, 0.6) is 0 Å². The number of aliphatic hydroxyl groups excluding tert-OH is 2. The number of aliphatic hydroxyl groups is 2. The average molecular weight is 357 g/mol. The number of benzene rings is 1. The van der Waals surface area contributed by atoms with E-state index >= 15 is 0 Å². The largest absolute Gasteiger partial charge is 0.394 e. The molecule has 0 saturated carbocycles. The highest BCUT2D eigenvalue weighted by Gasteiger charge is 2.45. The second kappa shape index (κ2) is 6.96. The van der Waals surface area contributed by atoms with Crippen LogP contribution in [0.1, 0.15) is 11.8 Å². The number of hydrogen-bond acceptors (Lipinski definition) is 8. The normalized spacial score (nSPS) is 25.8. The van der Waals surface area contributed by atoms with Gasteiger partial charge in [0.15, 0.2) is 17.7 Å². The van der Waals surface area contributed by atoms with E-state index < -0.39 is 24.5 Å². The molecule has 3 aromatic rings. The van der Waals surface area contributed by atoms with Crippen molar-refractivity contribution in [2.45, 2.75) is 31.1 Å². The SMILES string of the molecule is Nc1ncnc2c1ncn2[C@@H]1O[C@H](CO)[C@@H](O)[C@@H]1OCc1ccccc1. The molecule has 0 bridgehead atoms. The molecule has 136 valence electrons. The van der Waals surface area contributed by atoms with Crippen molar-refractivity contribution < 1.29 is 19.7 Å². The summed E-state index contributed by atoms with van der Waals surface area (Å²) in [6.45, 7) is -0.0308. The number of nitrogens with zero attached hydrogens (tertiary/aromatic N) is 4. The minimum atomic E-state index is -0.995. The van der Waals surface area contributed by atoms with Gasteiger partial charge in [0.2, 0.25) is 0 Å². The molecule has 3 heterocycles. The van der Waals surface area contributed by atoms with Crippen LogP contribution in [0.15, 0.2) is 43.0 Å². The van der Waals surface area contributed by atoms with E-state index in [2.05, 4.69) is 15.0 Å². The lowest BCUT2D eigenvalue weighted by Crippen LogP contribution is -2.35. The van der Waals surface area contributed by atoms with Crippen molar-refractivity contribution >= 4 is 17.0 Å². The summed E-state index contributed by atoms with van der Waals surface area (Å²) in [5.74, 6) is 0.257. The fourth-order valence-electron chi connectivity index (χ4n) is 3.10. The molecule has 0 amide bonds. The van der Waals surface area contributed by atoms with Crippen molar-refractivity contribution in [3.8, 4) is 0 Å². The Kier molecular flexibility index (Phi) is 4.51. The van der Waals surface area contributed by atoms with Crippen molar-refractivity contribution in [1.29, 1.82) is 0 Å².